The molecule has 0 aliphatic carbocycles. The molecule has 3 nitrogen and oxygen atoms in total. The van der Waals surface area contributed by atoms with Crippen LogP contribution >= 0.6 is 11.8 Å². The first-order valence-corrected chi connectivity index (χ1v) is 6.51. The number of rotatable bonds is 5. The van der Waals surface area contributed by atoms with Crippen molar-refractivity contribution in [3.8, 4) is 0 Å². The zero-order chi connectivity index (χ0) is 13.8. The molecule has 0 saturated carbocycles. The van der Waals surface area contributed by atoms with E-state index < -0.39 is 17.4 Å². The normalized spacial score (nSPS) is 11.4. The predicted octanol–water partition coefficient (Wildman–Crippen LogP) is 2.40. The van der Waals surface area contributed by atoms with E-state index in [0.717, 1.165) is 4.90 Å². The number of hydrogen-bond acceptors (Lipinski definition) is 4. The van der Waals surface area contributed by atoms with Crippen LogP contribution in [0.5, 0.6) is 0 Å². The maximum atomic E-state index is 13.7. The molecule has 0 atom stereocenters. The van der Waals surface area contributed by atoms with Crippen molar-refractivity contribution in [1.29, 1.82) is 0 Å². The molecule has 5 heteroatoms. The van der Waals surface area contributed by atoms with Gasteiger partial charge in [0, 0.05) is 10.6 Å². The van der Waals surface area contributed by atoms with E-state index in [1.807, 2.05) is 0 Å². The van der Waals surface area contributed by atoms with Gasteiger partial charge in [0.15, 0.2) is 0 Å². The molecule has 0 aromatic heterocycles. The van der Waals surface area contributed by atoms with E-state index in [2.05, 4.69) is 4.74 Å². The van der Waals surface area contributed by atoms with Crippen LogP contribution in [-0.4, -0.2) is 29.5 Å². The summed E-state index contributed by atoms with van der Waals surface area (Å²) in [6.07, 6.45) is -0.0707. The molecule has 0 spiro atoms. The first-order chi connectivity index (χ1) is 8.31. The van der Waals surface area contributed by atoms with Crippen LogP contribution in [-0.2, 0) is 16.0 Å². The van der Waals surface area contributed by atoms with Crippen molar-refractivity contribution in [1.82, 2.24) is 0 Å². The fraction of sp³-hybridized carbons (Fsp3) is 0.462. The highest BCUT2D eigenvalue weighted by molar-refractivity contribution is 7.99. The average molecular weight is 272 g/mol. The predicted molar refractivity (Wildman–Crippen MR) is 69.1 cm³/mol. The molecule has 0 bridgehead atoms. The Bertz CT molecular complexity index is 427. The van der Waals surface area contributed by atoms with Gasteiger partial charge in [-0.05, 0) is 31.5 Å². The Balaban J connectivity index is 2.70. The number of hydrogen-bond donors (Lipinski definition) is 1. The largest absolute Gasteiger partial charge is 0.469 e. The molecule has 0 heterocycles. The van der Waals surface area contributed by atoms with Gasteiger partial charge in [-0.1, -0.05) is 6.07 Å². The van der Waals surface area contributed by atoms with Crippen LogP contribution in [0.2, 0.25) is 0 Å². The summed E-state index contributed by atoms with van der Waals surface area (Å²) in [6.45, 7) is 3.39. The first-order valence-electron chi connectivity index (χ1n) is 5.52. The number of aliphatic hydroxyl groups is 1. The minimum Gasteiger partial charge on any atom is -0.469 e. The molecule has 1 N–H and O–H groups in total. The lowest BCUT2D eigenvalue weighted by atomic mass is 10.1. The van der Waals surface area contributed by atoms with Crippen molar-refractivity contribution in [2.75, 3.05) is 12.9 Å². The van der Waals surface area contributed by atoms with E-state index in [4.69, 9.17) is 0 Å². The van der Waals surface area contributed by atoms with Gasteiger partial charge in [-0.2, -0.15) is 0 Å². The second-order valence-corrected chi connectivity index (χ2v) is 5.66. The summed E-state index contributed by atoms with van der Waals surface area (Å²) in [4.78, 5) is 11.8. The van der Waals surface area contributed by atoms with Gasteiger partial charge in [0.1, 0.15) is 5.82 Å². The number of esters is 1. The Morgan fingerprint density at radius 2 is 2.17 bits per heavy atom. The highest BCUT2D eigenvalue weighted by Gasteiger charge is 2.14. The SMILES string of the molecule is COC(=O)Cc1ccc(SCC(C)(C)O)cc1F. The number of halogens is 1. The molecule has 0 unspecified atom stereocenters. The summed E-state index contributed by atoms with van der Waals surface area (Å²) in [5, 5.41) is 9.58. The fourth-order valence-electron chi connectivity index (χ4n) is 1.25. The molecule has 1 aromatic rings. The first kappa shape index (κ1) is 15.0. The third-order valence-electron chi connectivity index (χ3n) is 2.18. The summed E-state index contributed by atoms with van der Waals surface area (Å²) in [7, 11) is 1.27. The topological polar surface area (TPSA) is 46.5 Å². The summed E-state index contributed by atoms with van der Waals surface area (Å²) in [5.74, 6) is -0.421. The quantitative estimate of drug-likeness (QED) is 0.660. The molecule has 100 valence electrons. The zero-order valence-corrected chi connectivity index (χ0v) is 11.5. The van der Waals surface area contributed by atoms with Gasteiger partial charge in [0.2, 0.25) is 0 Å². The van der Waals surface area contributed by atoms with Crippen molar-refractivity contribution in [2.24, 2.45) is 0 Å². The number of thioether (sulfide) groups is 1. The Hall–Kier alpha value is -1.07. The Morgan fingerprint density at radius 3 is 2.67 bits per heavy atom. The summed E-state index contributed by atoms with van der Waals surface area (Å²) in [6, 6.07) is 4.67. The van der Waals surface area contributed by atoms with Crippen molar-refractivity contribution >= 4 is 17.7 Å². The van der Waals surface area contributed by atoms with E-state index in [9.17, 15) is 14.3 Å². The average Bonchev–Trinajstić information content (AvgIpc) is 2.28. The van der Waals surface area contributed by atoms with Crippen molar-refractivity contribution < 1.29 is 19.0 Å². The van der Waals surface area contributed by atoms with E-state index in [1.54, 1.807) is 26.0 Å². The molecule has 0 aliphatic heterocycles. The third kappa shape index (κ3) is 5.06. The van der Waals surface area contributed by atoms with Crippen LogP contribution < -0.4 is 0 Å². The smallest absolute Gasteiger partial charge is 0.310 e. The van der Waals surface area contributed by atoms with Gasteiger partial charge in [-0.3, -0.25) is 4.79 Å². The van der Waals surface area contributed by atoms with Crippen LogP contribution in [0.4, 0.5) is 4.39 Å². The lowest BCUT2D eigenvalue weighted by Crippen LogP contribution is -2.21. The number of carbonyl (C=O) groups excluding carboxylic acids is 1. The lowest BCUT2D eigenvalue weighted by Gasteiger charge is -2.16. The molecule has 1 aromatic carbocycles. The molecule has 18 heavy (non-hydrogen) atoms. The molecule has 0 saturated heterocycles. The van der Waals surface area contributed by atoms with E-state index in [0.29, 0.717) is 11.3 Å². The third-order valence-corrected chi connectivity index (χ3v) is 3.62. The second-order valence-electron chi connectivity index (χ2n) is 4.61. The van der Waals surface area contributed by atoms with Crippen molar-refractivity contribution in [3.63, 3.8) is 0 Å². The number of benzene rings is 1. The van der Waals surface area contributed by atoms with Crippen LogP contribution in [0.3, 0.4) is 0 Å². The second kappa shape index (κ2) is 6.20. The molecule has 0 amide bonds. The number of carbonyl (C=O) groups is 1. The molecule has 0 fully saturated rings. The molecule has 1 rings (SSSR count). The zero-order valence-electron chi connectivity index (χ0n) is 10.7. The van der Waals surface area contributed by atoms with Crippen molar-refractivity contribution in [2.45, 2.75) is 30.8 Å². The molecule has 0 aliphatic rings. The van der Waals surface area contributed by atoms with Crippen LogP contribution in [0.25, 0.3) is 0 Å². The van der Waals surface area contributed by atoms with E-state index in [1.165, 1.54) is 24.9 Å². The van der Waals surface area contributed by atoms with Gasteiger partial charge in [0.25, 0.3) is 0 Å². The Kier molecular flexibility index (Phi) is 5.16. The minimum atomic E-state index is -0.800. The molecular formula is C13H17FO3S. The lowest BCUT2D eigenvalue weighted by molar-refractivity contribution is -0.139. The summed E-state index contributed by atoms with van der Waals surface area (Å²) in [5.41, 5.74) is -0.485. The standard InChI is InChI=1S/C13H17FO3S/c1-13(2,16)8-18-10-5-4-9(11(14)7-10)6-12(15)17-3/h4-5,7,16H,6,8H2,1-3H3. The summed E-state index contributed by atoms with van der Waals surface area (Å²) >= 11 is 1.37. The monoisotopic (exact) mass is 272 g/mol. The highest BCUT2D eigenvalue weighted by Crippen LogP contribution is 2.24. The Morgan fingerprint density at radius 1 is 1.50 bits per heavy atom. The molecule has 0 radical (unpaired) electrons. The van der Waals surface area contributed by atoms with E-state index >= 15 is 0 Å². The maximum Gasteiger partial charge on any atom is 0.310 e. The van der Waals surface area contributed by atoms with Crippen LogP contribution in [0.1, 0.15) is 19.4 Å². The van der Waals surface area contributed by atoms with Crippen LogP contribution in [0.15, 0.2) is 23.1 Å². The fourth-order valence-corrected chi connectivity index (χ4v) is 2.12. The van der Waals surface area contributed by atoms with E-state index in [-0.39, 0.29) is 6.42 Å². The van der Waals surface area contributed by atoms with Gasteiger partial charge in [-0.25, -0.2) is 4.39 Å². The van der Waals surface area contributed by atoms with Gasteiger partial charge in [-0.15, -0.1) is 11.8 Å². The minimum absolute atomic E-state index is 0.0707. The summed E-state index contributed by atoms with van der Waals surface area (Å²) < 4.78 is 18.2. The molecular weight excluding hydrogens is 255 g/mol. The van der Waals surface area contributed by atoms with Crippen LogP contribution in [0, 0.1) is 5.82 Å². The number of ether oxygens (including phenoxy) is 1. The number of methoxy groups -OCH3 is 1. The van der Waals surface area contributed by atoms with Gasteiger partial charge in [0.05, 0.1) is 19.1 Å². The Labute approximate surface area is 110 Å². The van der Waals surface area contributed by atoms with Gasteiger partial charge >= 0.3 is 5.97 Å². The highest BCUT2D eigenvalue weighted by atomic mass is 32.2. The van der Waals surface area contributed by atoms with Crippen molar-refractivity contribution in [3.05, 3.63) is 29.6 Å². The van der Waals surface area contributed by atoms with Gasteiger partial charge < -0.3 is 9.84 Å². The maximum absolute atomic E-state index is 13.7.